The summed E-state index contributed by atoms with van der Waals surface area (Å²) in [7, 11) is 0. The molecule has 0 bridgehead atoms. The normalized spacial score (nSPS) is 11.8. The minimum absolute atomic E-state index is 0.103. The van der Waals surface area contributed by atoms with E-state index in [1.54, 1.807) is 0 Å². The molecule has 0 fully saturated rings. The summed E-state index contributed by atoms with van der Waals surface area (Å²) >= 11 is 0. The molecule has 0 aliphatic heterocycles. The predicted molar refractivity (Wildman–Crippen MR) is 44.9 cm³/mol. The molecule has 1 radical (unpaired) electrons. The third-order valence-electron chi connectivity index (χ3n) is 1.22. The van der Waals surface area contributed by atoms with Crippen LogP contribution in [0.1, 0.15) is 13.3 Å². The Morgan fingerprint density at radius 3 is 2.23 bits per heavy atom. The Morgan fingerprint density at radius 2 is 1.92 bits per heavy atom. The third kappa shape index (κ3) is 5.66. The van der Waals surface area contributed by atoms with Gasteiger partial charge in [-0.3, -0.25) is 14.4 Å². The van der Waals surface area contributed by atoms with E-state index in [0.717, 1.165) is 0 Å². The van der Waals surface area contributed by atoms with E-state index >= 15 is 0 Å². The Balaban J connectivity index is 4.02. The second-order valence-electron chi connectivity index (χ2n) is 2.49. The minimum atomic E-state index is -0.940. The number of carbonyl (C=O) groups excluding carboxylic acids is 3. The van der Waals surface area contributed by atoms with Gasteiger partial charge in [0.05, 0.1) is 0 Å². The number of amides is 3. The average molecular weight is 186 g/mol. The molecular weight excluding hydrogens is 174 g/mol. The fourth-order valence-corrected chi connectivity index (χ4v) is 0.699. The zero-order valence-corrected chi connectivity index (χ0v) is 7.24. The van der Waals surface area contributed by atoms with E-state index in [4.69, 9.17) is 11.5 Å². The van der Waals surface area contributed by atoms with Gasteiger partial charge in [0, 0.05) is 19.8 Å². The molecule has 0 heterocycles. The van der Waals surface area contributed by atoms with Crippen molar-refractivity contribution in [2.45, 2.75) is 19.4 Å². The number of nitrogens with one attached hydrogen (secondary N) is 1. The first-order valence-corrected chi connectivity index (χ1v) is 3.61. The molecule has 1 atom stereocenters. The molecule has 0 aromatic carbocycles. The molecule has 0 aliphatic carbocycles. The number of nitrogens with two attached hydrogens (primary N) is 2. The molecule has 5 N–H and O–H groups in total. The van der Waals surface area contributed by atoms with E-state index in [0.29, 0.717) is 0 Å². The van der Waals surface area contributed by atoms with Gasteiger partial charge < -0.3 is 16.8 Å². The van der Waals surface area contributed by atoms with Crippen molar-refractivity contribution in [3.05, 3.63) is 6.42 Å². The fraction of sp³-hybridized carbons (Fsp3) is 0.429. The second-order valence-corrected chi connectivity index (χ2v) is 2.49. The molecule has 0 saturated heterocycles. The quantitative estimate of drug-likeness (QED) is 0.463. The highest BCUT2D eigenvalue weighted by atomic mass is 16.2. The Morgan fingerprint density at radius 1 is 1.38 bits per heavy atom. The first kappa shape index (κ1) is 11.4. The van der Waals surface area contributed by atoms with E-state index in [2.05, 4.69) is 5.32 Å². The summed E-state index contributed by atoms with van der Waals surface area (Å²) in [5, 5.41) is 2.26. The van der Waals surface area contributed by atoms with Crippen LogP contribution in [0.5, 0.6) is 0 Å². The van der Waals surface area contributed by atoms with Crippen LogP contribution in [0.25, 0.3) is 0 Å². The van der Waals surface area contributed by atoms with Crippen LogP contribution >= 0.6 is 0 Å². The molecule has 0 saturated carbocycles. The Bertz CT molecular complexity index is 227. The average Bonchev–Trinajstić information content (AvgIpc) is 1.96. The zero-order chi connectivity index (χ0) is 10.4. The van der Waals surface area contributed by atoms with Crippen LogP contribution in [0.2, 0.25) is 0 Å². The largest absolute Gasteiger partial charge is 0.370 e. The van der Waals surface area contributed by atoms with Crippen LogP contribution in [0, 0.1) is 6.42 Å². The van der Waals surface area contributed by atoms with Gasteiger partial charge in [0.25, 0.3) is 0 Å². The number of rotatable bonds is 5. The fourth-order valence-electron chi connectivity index (χ4n) is 0.699. The molecule has 1 unspecified atom stereocenters. The lowest BCUT2D eigenvalue weighted by molar-refractivity contribution is -0.125. The molecule has 0 aromatic rings. The van der Waals surface area contributed by atoms with E-state index < -0.39 is 23.8 Å². The van der Waals surface area contributed by atoms with E-state index in [1.807, 2.05) is 0 Å². The second kappa shape index (κ2) is 5.13. The highest BCUT2D eigenvalue weighted by Gasteiger charge is 2.16. The Labute approximate surface area is 75.6 Å². The summed E-state index contributed by atoms with van der Waals surface area (Å²) in [6.07, 6.45) is 1.15. The van der Waals surface area contributed by atoms with Gasteiger partial charge in [-0.1, -0.05) is 0 Å². The van der Waals surface area contributed by atoms with Gasteiger partial charge in [-0.05, 0) is 0 Å². The molecule has 0 aromatic heterocycles. The maximum Gasteiger partial charge on any atom is 0.240 e. The molecule has 0 aliphatic rings. The Kier molecular flexibility index (Phi) is 4.50. The van der Waals surface area contributed by atoms with Gasteiger partial charge >= 0.3 is 0 Å². The summed E-state index contributed by atoms with van der Waals surface area (Å²) in [6, 6.07) is -0.940. The van der Waals surface area contributed by atoms with Crippen molar-refractivity contribution in [1.29, 1.82) is 0 Å². The SMILES string of the molecule is CC(=O)NC([CH]CC(N)=O)C(N)=O. The molecule has 73 valence electrons. The Hall–Kier alpha value is -1.59. The first-order valence-electron chi connectivity index (χ1n) is 3.61. The van der Waals surface area contributed by atoms with Crippen molar-refractivity contribution >= 4 is 17.7 Å². The van der Waals surface area contributed by atoms with Gasteiger partial charge in [0.2, 0.25) is 17.7 Å². The van der Waals surface area contributed by atoms with Gasteiger partial charge in [0.1, 0.15) is 6.04 Å². The van der Waals surface area contributed by atoms with Crippen LogP contribution in [-0.2, 0) is 14.4 Å². The lowest BCUT2D eigenvalue weighted by atomic mass is 10.1. The summed E-state index contributed by atoms with van der Waals surface area (Å²) in [4.78, 5) is 31.6. The summed E-state index contributed by atoms with van der Waals surface area (Å²) in [6.45, 7) is 1.24. The number of hydrogen-bond acceptors (Lipinski definition) is 3. The number of hydrogen-bond donors (Lipinski definition) is 3. The van der Waals surface area contributed by atoms with Crippen LogP contribution in [0.4, 0.5) is 0 Å². The van der Waals surface area contributed by atoms with Crippen molar-refractivity contribution in [3.8, 4) is 0 Å². The van der Waals surface area contributed by atoms with Crippen LogP contribution in [0.3, 0.4) is 0 Å². The monoisotopic (exact) mass is 186 g/mol. The van der Waals surface area contributed by atoms with Gasteiger partial charge in [0.15, 0.2) is 0 Å². The molecule has 3 amide bonds. The molecule has 0 rings (SSSR count). The van der Waals surface area contributed by atoms with Crippen molar-refractivity contribution < 1.29 is 14.4 Å². The predicted octanol–water partition coefficient (Wildman–Crippen LogP) is -1.94. The molecule has 13 heavy (non-hydrogen) atoms. The zero-order valence-electron chi connectivity index (χ0n) is 7.24. The number of carbonyl (C=O) groups is 3. The van der Waals surface area contributed by atoms with Crippen molar-refractivity contribution in [2.75, 3.05) is 0 Å². The lowest BCUT2D eigenvalue weighted by Gasteiger charge is -2.12. The topological polar surface area (TPSA) is 115 Å². The molecule has 6 heteroatoms. The molecule has 0 spiro atoms. The van der Waals surface area contributed by atoms with Gasteiger partial charge in [-0.2, -0.15) is 0 Å². The van der Waals surface area contributed by atoms with E-state index in [-0.39, 0.29) is 6.42 Å². The van der Waals surface area contributed by atoms with Crippen molar-refractivity contribution in [3.63, 3.8) is 0 Å². The van der Waals surface area contributed by atoms with Gasteiger partial charge in [-0.25, -0.2) is 0 Å². The summed E-state index contributed by atoms with van der Waals surface area (Å²) < 4.78 is 0. The maximum atomic E-state index is 10.7. The van der Waals surface area contributed by atoms with Crippen molar-refractivity contribution in [2.24, 2.45) is 11.5 Å². The highest BCUT2D eigenvalue weighted by molar-refractivity contribution is 5.88. The van der Waals surface area contributed by atoms with E-state index in [1.165, 1.54) is 13.3 Å². The smallest absolute Gasteiger partial charge is 0.240 e. The lowest BCUT2D eigenvalue weighted by Crippen LogP contribution is -2.44. The standard InChI is InChI=1S/C7H12N3O3/c1-4(11)10-5(7(9)13)2-3-6(8)12/h2,5H,3H2,1H3,(H2,8,12)(H2,9,13)(H,10,11). The molecular formula is C7H12N3O3. The maximum absolute atomic E-state index is 10.7. The third-order valence-corrected chi connectivity index (χ3v) is 1.22. The van der Waals surface area contributed by atoms with E-state index in [9.17, 15) is 14.4 Å². The van der Waals surface area contributed by atoms with Gasteiger partial charge in [-0.15, -0.1) is 0 Å². The number of primary amides is 2. The molecule has 6 nitrogen and oxygen atoms in total. The summed E-state index contributed by atoms with van der Waals surface area (Å²) in [5.41, 5.74) is 9.77. The highest BCUT2D eigenvalue weighted by Crippen LogP contribution is 1.94. The van der Waals surface area contributed by atoms with Crippen LogP contribution in [0.15, 0.2) is 0 Å². The first-order chi connectivity index (χ1) is 5.93. The summed E-state index contributed by atoms with van der Waals surface area (Å²) in [5.74, 6) is -1.71. The van der Waals surface area contributed by atoms with Crippen LogP contribution < -0.4 is 16.8 Å². The minimum Gasteiger partial charge on any atom is -0.370 e. The van der Waals surface area contributed by atoms with Crippen LogP contribution in [-0.4, -0.2) is 23.8 Å². The van der Waals surface area contributed by atoms with Crippen molar-refractivity contribution in [1.82, 2.24) is 5.32 Å².